The van der Waals surface area contributed by atoms with E-state index < -0.39 is 16.9 Å². The molecule has 2 atom stereocenters. The van der Waals surface area contributed by atoms with Crippen molar-refractivity contribution in [2.24, 2.45) is 11.1 Å². The van der Waals surface area contributed by atoms with Gasteiger partial charge in [-0.25, -0.2) is 5.21 Å². The van der Waals surface area contributed by atoms with Gasteiger partial charge in [-0.2, -0.15) is 10.5 Å². The molecule has 0 saturated carbocycles. The summed E-state index contributed by atoms with van der Waals surface area (Å²) in [5, 5.41) is 39.7. The number of ketones is 1. The molecule has 3 rings (SSSR count). The molecule has 1 aliphatic heterocycles. The number of rotatable bonds is 4. The first-order valence-electron chi connectivity index (χ1n) is 9.16. The fourth-order valence-electron chi connectivity index (χ4n) is 3.84. The monoisotopic (exact) mass is 401 g/mol. The fourth-order valence-corrected chi connectivity index (χ4v) is 3.84. The number of carbonyl (C=O) groups is 1. The number of ether oxygens (including phenoxy) is 2. The summed E-state index contributed by atoms with van der Waals surface area (Å²) in [6.07, 6.45) is 0.707. The SMILES string of the molecule is CCOc1cc([C@H]2C(C#N)=C(N)OC3=C2C(=O)CC(C)(C)C3)cc([NH+]([O-])O)c1O. The lowest BCUT2D eigenvalue weighted by Crippen LogP contribution is -2.99. The number of nitrogens with one attached hydrogen (secondary N) is 1. The van der Waals surface area contributed by atoms with Crippen LogP contribution in [0.25, 0.3) is 0 Å². The molecule has 9 nitrogen and oxygen atoms in total. The quantitative estimate of drug-likeness (QED) is 0.439. The summed E-state index contributed by atoms with van der Waals surface area (Å²) in [4.78, 5) is 13.0. The Kier molecular flexibility index (Phi) is 5.28. The smallest absolute Gasteiger partial charge is 0.223 e. The van der Waals surface area contributed by atoms with Crippen molar-refractivity contribution in [3.63, 3.8) is 0 Å². The van der Waals surface area contributed by atoms with Crippen LogP contribution in [0.4, 0.5) is 5.69 Å². The first-order valence-corrected chi connectivity index (χ1v) is 9.16. The first-order chi connectivity index (χ1) is 13.6. The largest absolute Gasteiger partial charge is 0.595 e. The van der Waals surface area contributed by atoms with E-state index in [-0.39, 0.29) is 47.1 Å². The van der Waals surface area contributed by atoms with Gasteiger partial charge in [0.05, 0.1) is 12.5 Å². The van der Waals surface area contributed by atoms with E-state index in [1.54, 1.807) is 6.92 Å². The van der Waals surface area contributed by atoms with Crippen molar-refractivity contribution in [3.8, 4) is 17.6 Å². The highest BCUT2D eigenvalue weighted by atomic mass is 16.8. The van der Waals surface area contributed by atoms with E-state index in [9.17, 15) is 25.6 Å². The average Bonchev–Trinajstić information content (AvgIpc) is 2.61. The van der Waals surface area contributed by atoms with Crippen molar-refractivity contribution in [2.75, 3.05) is 6.61 Å². The Hall–Kier alpha value is -3.06. The van der Waals surface area contributed by atoms with Crippen LogP contribution in [0.5, 0.6) is 11.5 Å². The summed E-state index contributed by atoms with van der Waals surface area (Å²) in [6.45, 7) is 5.74. The molecule has 0 fully saturated rings. The minimum atomic E-state index is -1.36. The van der Waals surface area contributed by atoms with E-state index in [4.69, 9.17) is 15.2 Å². The summed E-state index contributed by atoms with van der Waals surface area (Å²) in [5.41, 5.74) is 5.87. The highest BCUT2D eigenvalue weighted by Gasteiger charge is 2.43. The predicted octanol–water partition coefficient (Wildman–Crippen LogP) is 1.65. The van der Waals surface area contributed by atoms with Gasteiger partial charge in [0.15, 0.2) is 11.5 Å². The second-order valence-corrected chi connectivity index (χ2v) is 7.86. The van der Waals surface area contributed by atoms with Gasteiger partial charge in [-0.15, -0.1) is 0 Å². The minimum absolute atomic E-state index is 0.0151. The van der Waals surface area contributed by atoms with Crippen molar-refractivity contribution < 1.29 is 29.8 Å². The second kappa shape index (κ2) is 7.40. The predicted molar refractivity (Wildman–Crippen MR) is 101 cm³/mol. The lowest BCUT2D eigenvalue weighted by Gasteiger charge is -2.37. The molecule has 0 aromatic heterocycles. The molecule has 1 heterocycles. The lowest BCUT2D eigenvalue weighted by molar-refractivity contribution is -0.991. The second-order valence-electron chi connectivity index (χ2n) is 7.86. The summed E-state index contributed by atoms with van der Waals surface area (Å²) < 4.78 is 11.0. The van der Waals surface area contributed by atoms with Crippen LogP contribution in [-0.4, -0.2) is 22.7 Å². The maximum atomic E-state index is 13.0. The molecule has 1 unspecified atom stereocenters. The van der Waals surface area contributed by atoms with Crippen LogP contribution in [0.15, 0.2) is 34.9 Å². The number of hydrogen-bond acceptors (Lipinski definition) is 8. The highest BCUT2D eigenvalue weighted by molar-refractivity contribution is 6.00. The van der Waals surface area contributed by atoms with Gasteiger partial charge in [0.1, 0.15) is 17.4 Å². The average molecular weight is 401 g/mol. The molecule has 29 heavy (non-hydrogen) atoms. The van der Waals surface area contributed by atoms with Gasteiger partial charge in [-0.1, -0.05) is 13.8 Å². The van der Waals surface area contributed by atoms with Gasteiger partial charge in [-0.3, -0.25) is 4.79 Å². The third-order valence-electron chi connectivity index (χ3n) is 5.04. The number of phenols is 1. The summed E-state index contributed by atoms with van der Waals surface area (Å²) in [6, 6.07) is 4.65. The normalized spacial score (nSPS) is 21.9. The zero-order valence-corrected chi connectivity index (χ0v) is 16.4. The Labute approximate surface area is 167 Å². The number of carbonyl (C=O) groups excluding carboxylic acids is 1. The molecule has 0 saturated heterocycles. The first kappa shape index (κ1) is 20.7. The number of nitriles is 1. The Morgan fingerprint density at radius 2 is 2.14 bits per heavy atom. The molecule has 1 aliphatic carbocycles. The summed E-state index contributed by atoms with van der Waals surface area (Å²) in [5.74, 6) is -1.39. The molecule has 0 bridgehead atoms. The van der Waals surface area contributed by atoms with Crippen LogP contribution in [-0.2, 0) is 9.53 Å². The highest BCUT2D eigenvalue weighted by Crippen LogP contribution is 2.49. The van der Waals surface area contributed by atoms with Gasteiger partial charge in [0.25, 0.3) is 0 Å². The van der Waals surface area contributed by atoms with Gasteiger partial charge in [0.2, 0.25) is 17.3 Å². The van der Waals surface area contributed by atoms with Gasteiger partial charge < -0.3 is 25.5 Å². The van der Waals surface area contributed by atoms with Gasteiger partial charge in [-0.05, 0) is 24.0 Å². The Bertz CT molecular complexity index is 971. The number of hydrogen-bond donors (Lipinski definition) is 4. The molecule has 0 spiro atoms. The number of Topliss-reactive ketones (excluding diaryl/α,β-unsaturated/α-hetero) is 1. The Morgan fingerprint density at radius 3 is 2.72 bits per heavy atom. The van der Waals surface area contributed by atoms with Crippen molar-refractivity contribution >= 4 is 11.5 Å². The van der Waals surface area contributed by atoms with E-state index in [0.29, 0.717) is 23.3 Å². The molecule has 2 aliphatic rings. The number of phenolic OH excluding ortho intramolecular Hbond substituents is 1. The number of benzene rings is 1. The minimum Gasteiger partial charge on any atom is -0.595 e. The van der Waals surface area contributed by atoms with Crippen molar-refractivity contribution in [2.45, 2.75) is 39.5 Å². The van der Waals surface area contributed by atoms with Crippen LogP contribution in [0.1, 0.15) is 45.1 Å². The maximum absolute atomic E-state index is 13.0. The number of quaternary nitrogens is 1. The third kappa shape index (κ3) is 3.65. The topological polar surface area (TPSA) is 153 Å². The molecule has 9 heteroatoms. The molecule has 1 aromatic rings. The van der Waals surface area contributed by atoms with Gasteiger partial charge >= 0.3 is 0 Å². The van der Waals surface area contributed by atoms with Gasteiger partial charge in [0, 0.05) is 24.5 Å². The van der Waals surface area contributed by atoms with Crippen LogP contribution in [0.2, 0.25) is 0 Å². The Morgan fingerprint density at radius 1 is 1.45 bits per heavy atom. The summed E-state index contributed by atoms with van der Waals surface area (Å²) in [7, 11) is 0. The fraction of sp³-hybridized carbons (Fsp3) is 0.400. The van der Waals surface area contributed by atoms with Crippen LogP contribution >= 0.6 is 0 Å². The van der Waals surface area contributed by atoms with E-state index in [0.717, 1.165) is 0 Å². The zero-order valence-electron chi connectivity index (χ0n) is 16.4. The number of aromatic hydroxyl groups is 1. The number of nitrogens with two attached hydrogens (primary N) is 1. The molecule has 5 N–H and O–H groups in total. The van der Waals surface area contributed by atoms with Crippen molar-refractivity contribution in [1.29, 1.82) is 5.26 Å². The molecule has 0 amide bonds. The molecule has 0 radical (unpaired) electrons. The van der Waals surface area contributed by atoms with Crippen LogP contribution in [0, 0.1) is 22.0 Å². The van der Waals surface area contributed by atoms with Crippen LogP contribution in [0.3, 0.4) is 0 Å². The summed E-state index contributed by atoms with van der Waals surface area (Å²) >= 11 is 0. The van der Waals surface area contributed by atoms with E-state index in [2.05, 4.69) is 0 Å². The van der Waals surface area contributed by atoms with E-state index >= 15 is 0 Å². The molecule has 1 aromatic carbocycles. The lowest BCUT2D eigenvalue weighted by atomic mass is 9.70. The van der Waals surface area contributed by atoms with E-state index in [1.807, 2.05) is 19.9 Å². The molecular formula is C20H23N3O6. The molecular weight excluding hydrogens is 378 g/mol. The molecule has 154 valence electrons. The zero-order chi connectivity index (χ0) is 21.5. The standard InChI is InChI=1S/C20H23N3O6/c1-4-28-14-6-10(5-12(18(14)25)23(26)27)16-11(9-21)19(22)29-15-8-20(2,3)7-13(24)17(15)16/h5-6,16,23,25-26H,4,7-8,22H2,1-3H3/t16-/m0/s1. The third-order valence-corrected chi connectivity index (χ3v) is 5.04. The maximum Gasteiger partial charge on any atom is 0.223 e. The Balaban J connectivity index is 2.26. The van der Waals surface area contributed by atoms with Crippen molar-refractivity contribution in [3.05, 3.63) is 45.7 Å². The number of nitrogens with zero attached hydrogens (tertiary/aromatic N) is 1. The number of allylic oxidation sites excluding steroid dienone is 3. The van der Waals surface area contributed by atoms with E-state index in [1.165, 1.54) is 12.1 Å². The van der Waals surface area contributed by atoms with Crippen LogP contribution < -0.4 is 15.7 Å². The van der Waals surface area contributed by atoms with Crippen molar-refractivity contribution in [1.82, 2.24) is 0 Å².